The molecule has 2 saturated carbocycles. The fraction of sp³-hybridized carbons (Fsp3) is 0.591. The van der Waals surface area contributed by atoms with Gasteiger partial charge in [0.1, 0.15) is 0 Å². The van der Waals surface area contributed by atoms with Crippen molar-refractivity contribution < 1.29 is 22.5 Å². The third kappa shape index (κ3) is 4.34. The standard InChI is InChI=1S/C22H30N2O5S/c1-29-21(25)18-8-6-16(7-9-18)15-23-12-13-24(22(23)30(26,27)28)20-11-10-17-4-2-3-5-19(17)14-20/h6-9,12-13,17,19-20,22H,2-5,10-11,14-15H2,1H3,(H,26,27,28). The van der Waals surface area contributed by atoms with E-state index in [1.165, 1.54) is 32.8 Å². The van der Waals surface area contributed by atoms with Crippen LogP contribution in [0.1, 0.15) is 60.9 Å². The largest absolute Gasteiger partial charge is 0.465 e. The van der Waals surface area contributed by atoms with Gasteiger partial charge in [0.2, 0.25) is 5.50 Å². The highest BCUT2D eigenvalue weighted by molar-refractivity contribution is 7.86. The van der Waals surface area contributed by atoms with Gasteiger partial charge >= 0.3 is 16.1 Å². The molecule has 4 atom stereocenters. The number of benzene rings is 1. The molecule has 3 aliphatic rings. The molecule has 2 fully saturated rings. The molecule has 0 amide bonds. The van der Waals surface area contributed by atoms with Gasteiger partial charge in [-0.05, 0) is 48.8 Å². The van der Waals surface area contributed by atoms with Gasteiger partial charge in [-0.25, -0.2) is 4.79 Å². The third-order valence-electron chi connectivity index (χ3n) is 6.91. The van der Waals surface area contributed by atoms with E-state index in [4.69, 9.17) is 4.74 Å². The molecule has 1 aromatic carbocycles. The van der Waals surface area contributed by atoms with E-state index in [0.717, 1.165) is 30.7 Å². The number of carbonyl (C=O) groups excluding carboxylic acids is 1. The summed E-state index contributed by atoms with van der Waals surface area (Å²) in [5.41, 5.74) is 0.178. The highest BCUT2D eigenvalue weighted by Gasteiger charge is 2.43. The molecule has 2 aliphatic carbocycles. The maximum absolute atomic E-state index is 12.3. The molecular weight excluding hydrogens is 404 g/mol. The Balaban J connectivity index is 1.48. The Morgan fingerprint density at radius 1 is 1.07 bits per heavy atom. The van der Waals surface area contributed by atoms with Crippen molar-refractivity contribution in [1.29, 1.82) is 0 Å². The first kappa shape index (κ1) is 21.2. The second kappa shape index (κ2) is 8.59. The lowest BCUT2D eigenvalue weighted by molar-refractivity contribution is 0.0600. The summed E-state index contributed by atoms with van der Waals surface area (Å²) in [5, 5.41) is 0. The van der Waals surface area contributed by atoms with Gasteiger partial charge in [-0.15, -0.1) is 0 Å². The van der Waals surface area contributed by atoms with Crippen LogP contribution in [0, 0.1) is 11.8 Å². The van der Waals surface area contributed by atoms with Gasteiger partial charge in [0, 0.05) is 25.0 Å². The lowest BCUT2D eigenvalue weighted by Crippen LogP contribution is -2.50. The fourth-order valence-electron chi connectivity index (χ4n) is 5.43. The SMILES string of the molecule is COC(=O)c1ccc(CN2C=CN(C3CCC4CCCCC4C3)C2S(=O)(=O)O)cc1. The number of methoxy groups -OCH3 is 1. The van der Waals surface area contributed by atoms with Crippen LogP contribution < -0.4 is 0 Å². The van der Waals surface area contributed by atoms with Gasteiger partial charge < -0.3 is 14.5 Å². The summed E-state index contributed by atoms with van der Waals surface area (Å²) in [6.45, 7) is 0.317. The number of hydrogen-bond acceptors (Lipinski definition) is 6. The van der Waals surface area contributed by atoms with Crippen molar-refractivity contribution in [3.63, 3.8) is 0 Å². The lowest BCUT2D eigenvalue weighted by atomic mass is 9.69. The third-order valence-corrected chi connectivity index (χ3v) is 7.96. The number of ether oxygens (including phenoxy) is 1. The van der Waals surface area contributed by atoms with Crippen molar-refractivity contribution in [3.8, 4) is 0 Å². The smallest absolute Gasteiger partial charge is 0.337 e. The second-order valence-corrected chi connectivity index (χ2v) is 10.2. The Hall–Kier alpha value is -2.06. The average molecular weight is 435 g/mol. The molecule has 7 nitrogen and oxygen atoms in total. The van der Waals surface area contributed by atoms with E-state index >= 15 is 0 Å². The molecule has 1 N–H and O–H groups in total. The van der Waals surface area contributed by atoms with Crippen LogP contribution in [-0.2, 0) is 21.4 Å². The topological polar surface area (TPSA) is 87.2 Å². The van der Waals surface area contributed by atoms with E-state index in [1.807, 2.05) is 11.1 Å². The van der Waals surface area contributed by atoms with E-state index < -0.39 is 21.6 Å². The van der Waals surface area contributed by atoms with Gasteiger partial charge in [0.25, 0.3) is 0 Å². The zero-order valence-corrected chi connectivity index (χ0v) is 18.1. The van der Waals surface area contributed by atoms with Crippen LogP contribution in [0.15, 0.2) is 36.7 Å². The van der Waals surface area contributed by atoms with Gasteiger partial charge in [0.15, 0.2) is 0 Å². The monoisotopic (exact) mass is 434 g/mol. The molecule has 8 heteroatoms. The molecule has 4 rings (SSSR count). The number of rotatable bonds is 5. The molecule has 1 aromatic rings. The zero-order chi connectivity index (χ0) is 21.3. The van der Waals surface area contributed by atoms with Crippen LogP contribution in [-0.4, -0.2) is 47.4 Å². The number of nitrogens with zero attached hydrogens (tertiary/aromatic N) is 2. The van der Waals surface area contributed by atoms with Crippen molar-refractivity contribution in [2.24, 2.45) is 11.8 Å². The predicted molar refractivity (Wildman–Crippen MR) is 113 cm³/mol. The molecule has 1 heterocycles. The molecule has 0 spiro atoms. The highest BCUT2D eigenvalue weighted by atomic mass is 32.2. The Morgan fingerprint density at radius 3 is 2.43 bits per heavy atom. The van der Waals surface area contributed by atoms with Crippen LogP contribution in [0.5, 0.6) is 0 Å². The number of hydrogen-bond donors (Lipinski definition) is 1. The number of carbonyl (C=O) groups is 1. The molecule has 4 unspecified atom stereocenters. The van der Waals surface area contributed by atoms with Crippen LogP contribution in [0.3, 0.4) is 0 Å². The van der Waals surface area contributed by atoms with Crippen molar-refractivity contribution >= 4 is 16.1 Å². The minimum atomic E-state index is -4.31. The van der Waals surface area contributed by atoms with Gasteiger partial charge in [-0.3, -0.25) is 4.55 Å². The first-order chi connectivity index (χ1) is 14.4. The quantitative estimate of drug-likeness (QED) is 0.560. The van der Waals surface area contributed by atoms with Crippen LogP contribution >= 0.6 is 0 Å². The first-order valence-corrected chi connectivity index (χ1v) is 12.2. The van der Waals surface area contributed by atoms with Crippen molar-refractivity contribution in [2.75, 3.05) is 7.11 Å². The van der Waals surface area contributed by atoms with Crippen LogP contribution in [0.2, 0.25) is 0 Å². The molecule has 0 aromatic heterocycles. The Bertz CT molecular complexity index is 899. The summed E-state index contributed by atoms with van der Waals surface area (Å²) in [7, 11) is -2.98. The van der Waals surface area contributed by atoms with E-state index in [0.29, 0.717) is 18.0 Å². The van der Waals surface area contributed by atoms with Crippen molar-refractivity contribution in [3.05, 3.63) is 47.8 Å². The van der Waals surface area contributed by atoms with Crippen LogP contribution in [0.25, 0.3) is 0 Å². The molecule has 0 bridgehead atoms. The van der Waals surface area contributed by atoms with Gasteiger partial charge in [-0.2, -0.15) is 8.42 Å². The Kier molecular flexibility index (Phi) is 6.06. The maximum atomic E-state index is 12.3. The summed E-state index contributed by atoms with van der Waals surface area (Å²) in [4.78, 5) is 15.1. The van der Waals surface area contributed by atoms with Gasteiger partial charge in [0.05, 0.1) is 12.7 Å². The first-order valence-electron chi connectivity index (χ1n) is 10.7. The van der Waals surface area contributed by atoms with Crippen molar-refractivity contribution in [1.82, 2.24) is 9.80 Å². The normalized spacial score (nSPS) is 29.0. The maximum Gasteiger partial charge on any atom is 0.337 e. The Labute approximate surface area is 178 Å². The minimum Gasteiger partial charge on any atom is -0.465 e. The zero-order valence-electron chi connectivity index (χ0n) is 17.3. The van der Waals surface area contributed by atoms with E-state index in [1.54, 1.807) is 35.4 Å². The summed E-state index contributed by atoms with van der Waals surface area (Å²) in [5.74, 6) is 1.02. The molecule has 30 heavy (non-hydrogen) atoms. The molecule has 0 radical (unpaired) electrons. The fourth-order valence-corrected chi connectivity index (χ4v) is 6.47. The molecule has 0 saturated heterocycles. The molecule has 1 aliphatic heterocycles. The lowest BCUT2D eigenvalue weighted by Gasteiger charge is -2.44. The van der Waals surface area contributed by atoms with Crippen molar-refractivity contribution in [2.45, 2.75) is 63.0 Å². The minimum absolute atomic E-state index is 0.124. The summed E-state index contributed by atoms with van der Waals surface area (Å²) in [6, 6.07) is 6.99. The predicted octanol–water partition coefficient (Wildman–Crippen LogP) is 3.59. The van der Waals surface area contributed by atoms with Gasteiger partial charge in [-0.1, -0.05) is 37.8 Å². The summed E-state index contributed by atoms with van der Waals surface area (Å²) in [6.07, 6.45) is 11.7. The highest BCUT2D eigenvalue weighted by Crippen LogP contribution is 2.43. The van der Waals surface area contributed by atoms with Crippen LogP contribution in [0.4, 0.5) is 0 Å². The Morgan fingerprint density at radius 2 is 1.77 bits per heavy atom. The number of esters is 1. The second-order valence-electron chi connectivity index (χ2n) is 8.72. The number of fused-ring (bicyclic) bond motifs is 1. The summed E-state index contributed by atoms with van der Waals surface area (Å²) < 4.78 is 39.4. The summed E-state index contributed by atoms with van der Waals surface area (Å²) >= 11 is 0. The van der Waals surface area contributed by atoms with E-state index in [-0.39, 0.29) is 6.04 Å². The van der Waals surface area contributed by atoms with E-state index in [2.05, 4.69) is 0 Å². The average Bonchev–Trinajstić information content (AvgIpc) is 3.17. The van der Waals surface area contributed by atoms with E-state index in [9.17, 15) is 17.8 Å². The molecular formula is C22H30N2O5S. The molecule has 164 valence electrons.